The van der Waals surface area contributed by atoms with E-state index in [4.69, 9.17) is 0 Å². The number of sulfonamides is 1. The maximum atomic E-state index is 12.6. The first-order valence-electron chi connectivity index (χ1n) is 8.09. The van der Waals surface area contributed by atoms with Gasteiger partial charge in [-0.1, -0.05) is 30.4 Å². The molecule has 1 atom stereocenters. The summed E-state index contributed by atoms with van der Waals surface area (Å²) in [7, 11) is -3.32. The topological polar surface area (TPSA) is 40.6 Å². The zero-order valence-electron chi connectivity index (χ0n) is 12.9. The quantitative estimate of drug-likeness (QED) is 0.800. The lowest BCUT2D eigenvalue weighted by atomic mass is 9.94. The summed E-state index contributed by atoms with van der Waals surface area (Å²) in [4.78, 5) is 2.82. The normalized spacial score (nSPS) is 24.5. The van der Waals surface area contributed by atoms with Crippen LogP contribution in [-0.4, -0.2) is 50.3 Å². The molecule has 1 aromatic rings. The number of rotatable bonds is 4. The predicted molar refractivity (Wildman–Crippen MR) is 88.1 cm³/mol. The maximum Gasteiger partial charge on any atom is 0.243 e. The summed E-state index contributed by atoms with van der Waals surface area (Å²) >= 11 is 0. The molecule has 4 nitrogen and oxygen atoms in total. The van der Waals surface area contributed by atoms with E-state index in [0.29, 0.717) is 18.0 Å². The lowest BCUT2D eigenvalue weighted by molar-refractivity contribution is 0.161. The minimum absolute atomic E-state index is 0.404. The van der Waals surface area contributed by atoms with Crippen LogP contribution < -0.4 is 0 Å². The molecule has 5 heteroatoms. The zero-order chi connectivity index (χ0) is 15.4. The highest BCUT2D eigenvalue weighted by molar-refractivity contribution is 7.89. The fourth-order valence-corrected chi connectivity index (χ4v) is 4.72. The molecule has 1 fully saturated rings. The van der Waals surface area contributed by atoms with Crippen molar-refractivity contribution in [2.75, 3.05) is 32.7 Å². The molecule has 1 heterocycles. The predicted octanol–water partition coefficient (Wildman–Crippen LogP) is 2.35. The number of hydrogen-bond donors (Lipinski definition) is 0. The second kappa shape index (κ2) is 6.94. The van der Waals surface area contributed by atoms with Crippen molar-refractivity contribution in [3.05, 3.63) is 42.5 Å². The third kappa shape index (κ3) is 3.59. The average Bonchev–Trinajstić information content (AvgIpc) is 2.57. The molecule has 22 heavy (non-hydrogen) atoms. The third-order valence-electron chi connectivity index (χ3n) is 4.61. The zero-order valence-corrected chi connectivity index (χ0v) is 13.7. The SMILES string of the molecule is O=S(=O)(c1ccccc1)N1CCN(C[C@@H]2CC=CCC2)CC1. The molecule has 0 unspecified atom stereocenters. The Hall–Kier alpha value is -1.17. The first kappa shape index (κ1) is 15.7. The van der Waals surface area contributed by atoms with Crippen LogP contribution in [0.1, 0.15) is 19.3 Å². The number of hydrogen-bond acceptors (Lipinski definition) is 3. The molecule has 0 radical (unpaired) electrons. The van der Waals surface area contributed by atoms with Gasteiger partial charge in [0.25, 0.3) is 0 Å². The monoisotopic (exact) mass is 320 g/mol. The fourth-order valence-electron chi connectivity index (χ4n) is 3.28. The Balaban J connectivity index is 1.56. The Morgan fingerprint density at radius 2 is 1.73 bits per heavy atom. The Kier molecular flexibility index (Phi) is 4.96. The Bertz CT molecular complexity index is 605. The molecule has 0 saturated carbocycles. The molecule has 1 saturated heterocycles. The molecule has 1 aliphatic heterocycles. The molecule has 1 aliphatic carbocycles. The summed E-state index contributed by atoms with van der Waals surface area (Å²) in [6.07, 6.45) is 8.17. The Morgan fingerprint density at radius 1 is 1.00 bits per heavy atom. The summed E-state index contributed by atoms with van der Waals surface area (Å²) in [6, 6.07) is 8.75. The first-order chi connectivity index (χ1) is 10.7. The van der Waals surface area contributed by atoms with E-state index in [1.165, 1.54) is 19.3 Å². The molecule has 0 bridgehead atoms. The highest BCUT2D eigenvalue weighted by atomic mass is 32.2. The summed E-state index contributed by atoms with van der Waals surface area (Å²) < 4.78 is 26.8. The van der Waals surface area contributed by atoms with Crippen molar-refractivity contribution >= 4 is 10.0 Å². The largest absolute Gasteiger partial charge is 0.300 e. The summed E-state index contributed by atoms with van der Waals surface area (Å²) in [5.41, 5.74) is 0. The lowest BCUT2D eigenvalue weighted by Crippen LogP contribution is -2.49. The Morgan fingerprint density at radius 3 is 2.36 bits per heavy atom. The van der Waals surface area contributed by atoms with Crippen LogP contribution in [0.3, 0.4) is 0 Å². The van der Waals surface area contributed by atoms with Gasteiger partial charge in [0.05, 0.1) is 4.90 Å². The van der Waals surface area contributed by atoms with Crippen LogP contribution in [0.4, 0.5) is 0 Å². The van der Waals surface area contributed by atoms with Crippen LogP contribution in [0.15, 0.2) is 47.4 Å². The minimum Gasteiger partial charge on any atom is -0.300 e. The van der Waals surface area contributed by atoms with Gasteiger partial charge in [-0.3, -0.25) is 0 Å². The van der Waals surface area contributed by atoms with Gasteiger partial charge in [-0.05, 0) is 37.3 Å². The molecule has 2 aliphatic rings. The van der Waals surface area contributed by atoms with Crippen LogP contribution in [0.5, 0.6) is 0 Å². The summed E-state index contributed by atoms with van der Waals surface area (Å²) in [5, 5.41) is 0. The smallest absolute Gasteiger partial charge is 0.243 e. The molecule has 3 rings (SSSR count). The van der Waals surface area contributed by atoms with Gasteiger partial charge < -0.3 is 4.90 Å². The van der Waals surface area contributed by atoms with E-state index < -0.39 is 10.0 Å². The molecule has 120 valence electrons. The van der Waals surface area contributed by atoms with Gasteiger partial charge in [-0.15, -0.1) is 0 Å². The molecule has 0 amide bonds. The lowest BCUT2D eigenvalue weighted by Gasteiger charge is -2.36. The van der Waals surface area contributed by atoms with E-state index in [-0.39, 0.29) is 0 Å². The van der Waals surface area contributed by atoms with Crippen molar-refractivity contribution in [1.82, 2.24) is 9.21 Å². The van der Waals surface area contributed by atoms with Crippen molar-refractivity contribution < 1.29 is 8.42 Å². The van der Waals surface area contributed by atoms with Crippen LogP contribution in [0.25, 0.3) is 0 Å². The standard InChI is InChI=1S/C17H24N2O2S/c20-22(21,17-9-5-2-6-10-17)19-13-11-18(12-14-19)15-16-7-3-1-4-8-16/h1-3,5-6,9-10,16H,4,7-8,11-15H2/t16-/m1/s1. The first-order valence-corrected chi connectivity index (χ1v) is 9.53. The van der Waals surface area contributed by atoms with Crippen LogP contribution >= 0.6 is 0 Å². The molecule has 0 aromatic heterocycles. The number of allylic oxidation sites excluding steroid dienone is 2. The van der Waals surface area contributed by atoms with Crippen LogP contribution in [0.2, 0.25) is 0 Å². The second-order valence-corrected chi connectivity index (χ2v) is 8.11. The minimum atomic E-state index is -3.32. The van der Waals surface area contributed by atoms with Gasteiger partial charge in [0.15, 0.2) is 0 Å². The number of piperazine rings is 1. The summed E-state index contributed by atoms with van der Waals surface area (Å²) in [6.45, 7) is 3.97. The van der Waals surface area contributed by atoms with Crippen LogP contribution in [0, 0.1) is 5.92 Å². The summed E-state index contributed by atoms with van der Waals surface area (Å²) in [5.74, 6) is 0.738. The van der Waals surface area contributed by atoms with Crippen molar-refractivity contribution in [3.63, 3.8) is 0 Å². The third-order valence-corrected chi connectivity index (χ3v) is 6.52. The van der Waals surface area contributed by atoms with E-state index in [1.807, 2.05) is 6.07 Å². The number of nitrogens with zero attached hydrogens (tertiary/aromatic N) is 2. The van der Waals surface area contributed by atoms with E-state index in [1.54, 1.807) is 28.6 Å². The molecular weight excluding hydrogens is 296 g/mol. The molecule has 0 N–H and O–H groups in total. The van der Waals surface area contributed by atoms with Crippen LogP contribution in [-0.2, 0) is 10.0 Å². The van der Waals surface area contributed by atoms with Gasteiger partial charge >= 0.3 is 0 Å². The Labute approximate surface area is 133 Å². The molecule has 0 spiro atoms. The van der Waals surface area contributed by atoms with E-state index >= 15 is 0 Å². The second-order valence-electron chi connectivity index (χ2n) is 6.17. The number of benzene rings is 1. The van der Waals surface area contributed by atoms with Gasteiger partial charge in [-0.25, -0.2) is 8.42 Å². The van der Waals surface area contributed by atoms with Crippen molar-refractivity contribution in [2.45, 2.75) is 24.2 Å². The van der Waals surface area contributed by atoms with Gasteiger partial charge in [0.2, 0.25) is 10.0 Å². The van der Waals surface area contributed by atoms with E-state index in [0.717, 1.165) is 25.6 Å². The van der Waals surface area contributed by atoms with E-state index in [2.05, 4.69) is 17.1 Å². The van der Waals surface area contributed by atoms with Gasteiger partial charge in [0, 0.05) is 32.7 Å². The highest BCUT2D eigenvalue weighted by Crippen LogP contribution is 2.21. The fraction of sp³-hybridized carbons (Fsp3) is 0.529. The molecule has 1 aromatic carbocycles. The molecular formula is C17H24N2O2S. The van der Waals surface area contributed by atoms with Gasteiger partial charge in [0.1, 0.15) is 0 Å². The average molecular weight is 320 g/mol. The van der Waals surface area contributed by atoms with Gasteiger partial charge in [-0.2, -0.15) is 4.31 Å². The maximum absolute atomic E-state index is 12.6. The van der Waals surface area contributed by atoms with Crippen molar-refractivity contribution in [2.24, 2.45) is 5.92 Å². The highest BCUT2D eigenvalue weighted by Gasteiger charge is 2.28. The van der Waals surface area contributed by atoms with E-state index in [9.17, 15) is 8.42 Å². The van der Waals surface area contributed by atoms with Crippen molar-refractivity contribution in [3.8, 4) is 0 Å². The van der Waals surface area contributed by atoms with Crippen molar-refractivity contribution in [1.29, 1.82) is 0 Å².